The molecule has 1 N–H and O–H groups in total. The average Bonchev–Trinajstić information content (AvgIpc) is 3.52. The number of rotatable bonds is 8. The van der Waals surface area contributed by atoms with Gasteiger partial charge in [0, 0.05) is 29.6 Å². The summed E-state index contributed by atoms with van der Waals surface area (Å²) in [5.41, 5.74) is 5.10. The van der Waals surface area contributed by atoms with Crippen LogP contribution < -0.4 is 14.9 Å². The van der Waals surface area contributed by atoms with Crippen LogP contribution in [-0.2, 0) is 10.0 Å². The van der Waals surface area contributed by atoms with Crippen molar-refractivity contribution >= 4 is 32.7 Å². The van der Waals surface area contributed by atoms with Gasteiger partial charge in [0.05, 0.1) is 31.0 Å². The summed E-state index contributed by atoms with van der Waals surface area (Å²) in [4.78, 5) is 4.83. The molecule has 1 fully saturated rings. The number of aromatic nitrogens is 1. The Bertz CT molecular complexity index is 1220. The number of para-hydroxylation sites is 1. The lowest BCUT2D eigenvalue weighted by Gasteiger charge is -2.15. The third kappa shape index (κ3) is 4.62. The lowest BCUT2D eigenvalue weighted by Crippen LogP contribution is -2.27. The predicted octanol–water partition coefficient (Wildman–Crippen LogP) is 4.06. The summed E-state index contributed by atoms with van der Waals surface area (Å²) in [5, 5.41) is 6.70. The van der Waals surface area contributed by atoms with Gasteiger partial charge in [0.15, 0.2) is 11.5 Å². The monoisotopic (exact) mass is 472 g/mol. The Morgan fingerprint density at radius 3 is 2.66 bits per heavy atom. The first-order valence-corrected chi connectivity index (χ1v) is 12.4. The van der Waals surface area contributed by atoms with Gasteiger partial charge in [-0.25, -0.2) is 13.4 Å². The van der Waals surface area contributed by atoms with Crippen LogP contribution in [0.5, 0.6) is 11.5 Å². The minimum absolute atomic E-state index is 0.294. The van der Waals surface area contributed by atoms with E-state index in [1.54, 1.807) is 42.9 Å². The zero-order valence-corrected chi connectivity index (χ0v) is 19.4. The van der Waals surface area contributed by atoms with Crippen molar-refractivity contribution in [2.45, 2.75) is 17.7 Å². The van der Waals surface area contributed by atoms with Gasteiger partial charge in [-0.05, 0) is 37.1 Å². The second kappa shape index (κ2) is 9.68. The van der Waals surface area contributed by atoms with Crippen molar-refractivity contribution in [1.82, 2.24) is 9.29 Å². The lowest BCUT2D eigenvalue weighted by molar-refractivity contribution is 0.354. The van der Waals surface area contributed by atoms with Crippen molar-refractivity contribution in [3.63, 3.8) is 0 Å². The van der Waals surface area contributed by atoms with Crippen LogP contribution in [0, 0.1) is 0 Å². The Hall–Kier alpha value is -2.95. The van der Waals surface area contributed by atoms with Crippen LogP contribution in [0.25, 0.3) is 11.3 Å². The van der Waals surface area contributed by atoms with E-state index in [2.05, 4.69) is 15.5 Å². The van der Waals surface area contributed by atoms with Crippen molar-refractivity contribution in [1.29, 1.82) is 0 Å². The van der Waals surface area contributed by atoms with Crippen LogP contribution in [-0.4, -0.2) is 51.2 Å². The highest BCUT2D eigenvalue weighted by Crippen LogP contribution is 2.30. The standard InChI is InChI=1S/C22H24N4O4S2/c1-29-20-10-6-8-17(21(20)30-2)14-23-25-22-24-19(15-31-22)16-7-5-9-18(13-16)32(27,28)26-11-3-4-12-26/h5-10,13-15H,3-4,11-12H2,1-2H3,(H,24,25)/b23-14-. The van der Waals surface area contributed by atoms with Gasteiger partial charge >= 0.3 is 0 Å². The molecule has 32 heavy (non-hydrogen) atoms. The van der Waals surface area contributed by atoms with Crippen molar-refractivity contribution in [3.8, 4) is 22.8 Å². The number of nitrogens with one attached hydrogen (secondary N) is 1. The minimum Gasteiger partial charge on any atom is -0.493 e. The minimum atomic E-state index is -3.47. The molecule has 1 aliphatic rings. The molecule has 168 valence electrons. The van der Waals surface area contributed by atoms with E-state index in [1.165, 1.54) is 11.3 Å². The molecule has 1 aliphatic heterocycles. The number of nitrogens with zero attached hydrogens (tertiary/aromatic N) is 3. The van der Waals surface area contributed by atoms with Crippen molar-refractivity contribution in [3.05, 3.63) is 53.4 Å². The van der Waals surface area contributed by atoms with Crippen LogP contribution in [0.2, 0.25) is 0 Å². The highest BCUT2D eigenvalue weighted by atomic mass is 32.2. The highest BCUT2D eigenvalue weighted by molar-refractivity contribution is 7.89. The molecule has 0 aliphatic carbocycles. The van der Waals surface area contributed by atoms with Gasteiger partial charge in [-0.3, -0.25) is 5.43 Å². The van der Waals surface area contributed by atoms with E-state index < -0.39 is 10.0 Å². The second-order valence-electron chi connectivity index (χ2n) is 7.13. The zero-order chi connectivity index (χ0) is 22.6. The molecule has 0 amide bonds. The van der Waals surface area contributed by atoms with Gasteiger partial charge in [0.25, 0.3) is 0 Å². The van der Waals surface area contributed by atoms with E-state index in [9.17, 15) is 8.42 Å². The highest BCUT2D eigenvalue weighted by Gasteiger charge is 2.27. The van der Waals surface area contributed by atoms with Crippen LogP contribution in [0.3, 0.4) is 0 Å². The molecule has 0 unspecified atom stereocenters. The fourth-order valence-corrected chi connectivity index (χ4v) is 5.75. The number of hydrazone groups is 1. The summed E-state index contributed by atoms with van der Waals surface area (Å²) in [6.45, 7) is 1.15. The van der Waals surface area contributed by atoms with E-state index in [-0.39, 0.29) is 0 Å². The third-order valence-corrected chi connectivity index (χ3v) is 7.78. The van der Waals surface area contributed by atoms with Gasteiger partial charge in [0.1, 0.15) is 0 Å². The first-order valence-electron chi connectivity index (χ1n) is 10.1. The molecule has 4 rings (SSSR count). The van der Waals surface area contributed by atoms with Gasteiger partial charge < -0.3 is 9.47 Å². The number of hydrogen-bond acceptors (Lipinski definition) is 8. The quantitative estimate of drug-likeness (QED) is 0.393. The van der Waals surface area contributed by atoms with Crippen molar-refractivity contribution in [2.24, 2.45) is 5.10 Å². The average molecular weight is 473 g/mol. The van der Waals surface area contributed by atoms with Crippen molar-refractivity contribution in [2.75, 3.05) is 32.7 Å². The molecule has 1 aromatic heterocycles. The van der Waals surface area contributed by atoms with Crippen LogP contribution in [0.4, 0.5) is 5.13 Å². The summed E-state index contributed by atoms with van der Waals surface area (Å²) in [7, 11) is -0.312. The summed E-state index contributed by atoms with van der Waals surface area (Å²) < 4.78 is 37.9. The SMILES string of the molecule is COc1cccc(/C=N\Nc2nc(-c3cccc(S(=O)(=O)N4CCCC4)c3)cs2)c1OC. The first-order chi connectivity index (χ1) is 15.5. The fourth-order valence-electron chi connectivity index (χ4n) is 3.52. The zero-order valence-electron chi connectivity index (χ0n) is 17.8. The molecule has 0 bridgehead atoms. The van der Waals surface area contributed by atoms with Gasteiger partial charge in [-0.1, -0.05) is 18.2 Å². The van der Waals surface area contributed by atoms with Gasteiger partial charge in [0.2, 0.25) is 15.2 Å². The summed E-state index contributed by atoms with van der Waals surface area (Å²) in [6.07, 6.45) is 3.44. The smallest absolute Gasteiger partial charge is 0.243 e. The van der Waals surface area contributed by atoms with Crippen LogP contribution in [0.15, 0.2) is 57.8 Å². The molecule has 2 heterocycles. The maximum atomic E-state index is 12.9. The molecular weight excluding hydrogens is 448 g/mol. The summed E-state index contributed by atoms with van der Waals surface area (Å²) in [6, 6.07) is 12.4. The molecule has 0 atom stereocenters. The van der Waals surface area contributed by atoms with Gasteiger partial charge in [-0.15, -0.1) is 11.3 Å². The molecule has 10 heteroatoms. The topological polar surface area (TPSA) is 93.1 Å². The second-order valence-corrected chi connectivity index (χ2v) is 9.93. The maximum absolute atomic E-state index is 12.9. The molecule has 0 saturated carbocycles. The number of sulfonamides is 1. The molecule has 1 saturated heterocycles. The Morgan fingerprint density at radius 2 is 1.91 bits per heavy atom. The van der Waals surface area contributed by atoms with E-state index in [0.717, 1.165) is 24.0 Å². The maximum Gasteiger partial charge on any atom is 0.243 e. The number of methoxy groups -OCH3 is 2. The molecule has 3 aromatic rings. The largest absolute Gasteiger partial charge is 0.493 e. The van der Waals surface area contributed by atoms with E-state index in [0.29, 0.717) is 40.3 Å². The summed E-state index contributed by atoms with van der Waals surface area (Å²) in [5.74, 6) is 1.22. The van der Waals surface area contributed by atoms with Crippen molar-refractivity contribution < 1.29 is 17.9 Å². The number of ether oxygens (including phenoxy) is 2. The Kier molecular flexibility index (Phi) is 6.73. The van der Waals surface area contributed by atoms with Crippen LogP contribution in [0.1, 0.15) is 18.4 Å². The Balaban J connectivity index is 1.50. The third-order valence-electron chi connectivity index (χ3n) is 5.13. The predicted molar refractivity (Wildman–Crippen MR) is 126 cm³/mol. The number of anilines is 1. The fraction of sp³-hybridized carbons (Fsp3) is 0.273. The number of benzene rings is 2. The van der Waals surface area contributed by atoms with E-state index >= 15 is 0 Å². The van der Waals surface area contributed by atoms with E-state index in [1.807, 2.05) is 29.6 Å². The lowest BCUT2D eigenvalue weighted by atomic mass is 10.2. The van der Waals surface area contributed by atoms with E-state index in [4.69, 9.17) is 9.47 Å². The number of hydrogen-bond donors (Lipinski definition) is 1. The molecular formula is C22H24N4O4S2. The molecule has 0 spiro atoms. The Morgan fingerprint density at radius 1 is 1.12 bits per heavy atom. The molecule has 0 radical (unpaired) electrons. The normalized spacial score (nSPS) is 14.7. The Labute approximate surface area is 191 Å². The summed E-state index contributed by atoms with van der Waals surface area (Å²) >= 11 is 1.38. The molecule has 8 nitrogen and oxygen atoms in total. The first kappa shape index (κ1) is 22.3. The van der Waals surface area contributed by atoms with Crippen LogP contribution >= 0.6 is 11.3 Å². The number of thiazole rings is 1. The molecule has 2 aromatic carbocycles. The van der Waals surface area contributed by atoms with Gasteiger partial charge in [-0.2, -0.15) is 9.41 Å².